The first-order valence-electron chi connectivity index (χ1n) is 9.86. The molecule has 0 radical (unpaired) electrons. The van der Waals surface area contributed by atoms with E-state index in [-0.39, 0.29) is 34.1 Å². The quantitative estimate of drug-likeness (QED) is 0.398. The highest BCUT2D eigenvalue weighted by Crippen LogP contribution is 2.38. The molecule has 1 aliphatic rings. The van der Waals surface area contributed by atoms with Crippen LogP contribution in [-0.4, -0.2) is 59.3 Å². The molecule has 1 aromatic heterocycles. The predicted molar refractivity (Wildman–Crippen MR) is 126 cm³/mol. The van der Waals surface area contributed by atoms with Gasteiger partial charge in [0.05, 0.1) is 21.5 Å². The van der Waals surface area contributed by atoms with Crippen molar-refractivity contribution in [3.05, 3.63) is 67.3 Å². The molecule has 1 fully saturated rings. The number of nitrogens with zero attached hydrogens (tertiary/aromatic N) is 3. The van der Waals surface area contributed by atoms with Crippen LogP contribution in [-0.2, 0) is 4.79 Å². The van der Waals surface area contributed by atoms with Gasteiger partial charge >= 0.3 is 0 Å². The summed E-state index contributed by atoms with van der Waals surface area (Å²) >= 11 is 13.3. The van der Waals surface area contributed by atoms with Crippen molar-refractivity contribution in [2.45, 2.75) is 0 Å². The lowest BCUT2D eigenvalue weighted by Crippen LogP contribution is -2.50. The maximum absolute atomic E-state index is 13.2. The standard InChI is InChI=1S/C21H17Cl2FN4O4S/c22-15-9-12(1-4-16(15)24)25-18(29)11-26-5-7-27(8-6-26)21(30)20-19(23)14-3-2-13(28(31)32)10-17(14)33-20/h1-4,9-10H,5-8,11H2,(H,25,29). The molecule has 2 aromatic carbocycles. The summed E-state index contributed by atoms with van der Waals surface area (Å²) in [4.78, 5) is 39.7. The summed E-state index contributed by atoms with van der Waals surface area (Å²) < 4.78 is 13.8. The lowest BCUT2D eigenvalue weighted by atomic mass is 10.2. The highest BCUT2D eigenvalue weighted by atomic mass is 35.5. The van der Waals surface area contributed by atoms with Crippen LogP contribution in [0.3, 0.4) is 0 Å². The number of hydrogen-bond donors (Lipinski definition) is 1. The van der Waals surface area contributed by atoms with Crippen molar-refractivity contribution < 1.29 is 18.9 Å². The Morgan fingerprint density at radius 3 is 2.52 bits per heavy atom. The molecule has 0 atom stereocenters. The zero-order valence-electron chi connectivity index (χ0n) is 17.0. The molecule has 2 amide bonds. The summed E-state index contributed by atoms with van der Waals surface area (Å²) in [6, 6.07) is 8.27. The van der Waals surface area contributed by atoms with Gasteiger partial charge < -0.3 is 10.2 Å². The number of nitro benzene ring substituents is 1. The van der Waals surface area contributed by atoms with Crippen LogP contribution in [0.1, 0.15) is 9.67 Å². The second-order valence-corrected chi connectivity index (χ2v) is 9.27. The lowest BCUT2D eigenvalue weighted by Gasteiger charge is -2.34. The number of amides is 2. The average molecular weight is 511 g/mol. The van der Waals surface area contributed by atoms with E-state index in [0.29, 0.717) is 46.8 Å². The topological polar surface area (TPSA) is 95.8 Å². The Bertz CT molecular complexity index is 1260. The molecular formula is C21H17Cl2FN4O4S. The zero-order valence-corrected chi connectivity index (χ0v) is 19.3. The smallest absolute Gasteiger partial charge is 0.270 e. The molecule has 0 aliphatic carbocycles. The summed E-state index contributed by atoms with van der Waals surface area (Å²) in [6.45, 7) is 1.89. The molecule has 1 saturated heterocycles. The monoisotopic (exact) mass is 510 g/mol. The van der Waals surface area contributed by atoms with Crippen LogP contribution in [0.25, 0.3) is 10.1 Å². The number of rotatable bonds is 5. The predicted octanol–water partition coefficient (Wildman–Crippen LogP) is 4.65. The molecule has 0 bridgehead atoms. The van der Waals surface area contributed by atoms with Gasteiger partial charge in [-0.2, -0.15) is 0 Å². The molecule has 8 nitrogen and oxygen atoms in total. The lowest BCUT2D eigenvalue weighted by molar-refractivity contribution is -0.384. The molecule has 3 aromatic rings. The summed E-state index contributed by atoms with van der Waals surface area (Å²) in [5.74, 6) is -1.08. The van der Waals surface area contributed by atoms with Gasteiger partial charge in [-0.1, -0.05) is 23.2 Å². The second-order valence-electron chi connectivity index (χ2n) is 7.43. The van der Waals surface area contributed by atoms with E-state index in [2.05, 4.69) is 5.32 Å². The van der Waals surface area contributed by atoms with Gasteiger partial charge in [-0.05, 0) is 24.3 Å². The number of hydrogen-bond acceptors (Lipinski definition) is 6. The maximum Gasteiger partial charge on any atom is 0.270 e. The van der Waals surface area contributed by atoms with Gasteiger partial charge in [-0.15, -0.1) is 11.3 Å². The molecule has 172 valence electrons. The first kappa shape index (κ1) is 23.4. The number of carbonyl (C=O) groups is 2. The molecular weight excluding hydrogens is 494 g/mol. The Morgan fingerprint density at radius 1 is 1.12 bits per heavy atom. The van der Waals surface area contributed by atoms with Gasteiger partial charge in [-0.25, -0.2) is 4.39 Å². The van der Waals surface area contributed by atoms with Gasteiger partial charge in [-0.3, -0.25) is 24.6 Å². The molecule has 2 heterocycles. The van der Waals surface area contributed by atoms with Crippen LogP contribution in [0.4, 0.5) is 15.8 Å². The molecule has 1 N–H and O–H groups in total. The van der Waals surface area contributed by atoms with Crippen LogP contribution in [0.2, 0.25) is 10.0 Å². The van der Waals surface area contributed by atoms with Gasteiger partial charge in [0.1, 0.15) is 10.7 Å². The van der Waals surface area contributed by atoms with E-state index in [1.165, 1.54) is 30.3 Å². The minimum absolute atomic E-state index is 0.0609. The van der Waals surface area contributed by atoms with E-state index in [4.69, 9.17) is 23.2 Å². The van der Waals surface area contributed by atoms with Gasteiger partial charge in [0, 0.05) is 54.1 Å². The Kier molecular flexibility index (Phi) is 6.80. The number of carbonyl (C=O) groups excluding carboxylic acids is 2. The minimum atomic E-state index is -0.563. The Hall–Kier alpha value is -2.79. The van der Waals surface area contributed by atoms with Crippen LogP contribution < -0.4 is 5.32 Å². The van der Waals surface area contributed by atoms with Crippen LogP contribution in [0.5, 0.6) is 0 Å². The Morgan fingerprint density at radius 2 is 1.85 bits per heavy atom. The van der Waals surface area contributed by atoms with Crippen LogP contribution in [0.15, 0.2) is 36.4 Å². The van der Waals surface area contributed by atoms with Crippen molar-refractivity contribution in [1.82, 2.24) is 9.80 Å². The minimum Gasteiger partial charge on any atom is -0.335 e. The normalized spacial score (nSPS) is 14.5. The van der Waals surface area contributed by atoms with Crippen molar-refractivity contribution in [2.24, 2.45) is 0 Å². The molecule has 4 rings (SSSR count). The third kappa shape index (κ3) is 5.09. The van der Waals surface area contributed by atoms with E-state index in [1.807, 2.05) is 4.90 Å². The van der Waals surface area contributed by atoms with Crippen molar-refractivity contribution in [2.75, 3.05) is 38.0 Å². The van der Waals surface area contributed by atoms with Crippen molar-refractivity contribution in [3.8, 4) is 0 Å². The van der Waals surface area contributed by atoms with Gasteiger partial charge in [0.15, 0.2) is 0 Å². The highest BCUT2D eigenvalue weighted by molar-refractivity contribution is 7.21. The van der Waals surface area contributed by atoms with Crippen LogP contribution in [0, 0.1) is 15.9 Å². The fraction of sp³-hybridized carbons (Fsp3) is 0.238. The number of piperazine rings is 1. The fourth-order valence-electron chi connectivity index (χ4n) is 3.54. The van der Waals surface area contributed by atoms with E-state index in [0.717, 1.165) is 11.3 Å². The third-order valence-corrected chi connectivity index (χ3v) is 7.18. The number of halogens is 3. The largest absolute Gasteiger partial charge is 0.335 e. The third-order valence-electron chi connectivity index (χ3n) is 5.25. The number of fused-ring (bicyclic) bond motifs is 1. The summed E-state index contributed by atoms with van der Waals surface area (Å²) in [5.41, 5.74) is 0.342. The van der Waals surface area contributed by atoms with Crippen LogP contribution >= 0.6 is 34.5 Å². The Labute approximate surface area is 201 Å². The first-order valence-corrected chi connectivity index (χ1v) is 11.4. The van der Waals surface area contributed by atoms with Crippen molar-refractivity contribution in [1.29, 1.82) is 0 Å². The molecule has 1 aliphatic heterocycles. The summed E-state index contributed by atoms with van der Waals surface area (Å²) in [5, 5.41) is 14.5. The van der Waals surface area contributed by atoms with E-state index < -0.39 is 10.7 Å². The molecule has 12 heteroatoms. The average Bonchev–Trinajstić information content (AvgIpc) is 3.12. The maximum atomic E-state index is 13.2. The van der Waals surface area contributed by atoms with Crippen molar-refractivity contribution >= 4 is 67.8 Å². The summed E-state index contributed by atoms with van der Waals surface area (Å²) in [7, 11) is 0. The SMILES string of the molecule is O=C(CN1CCN(C(=O)c2sc3cc([N+](=O)[O-])ccc3c2Cl)CC1)Nc1ccc(F)c(Cl)c1. The number of benzene rings is 2. The van der Waals surface area contributed by atoms with E-state index >= 15 is 0 Å². The molecule has 0 saturated carbocycles. The van der Waals surface area contributed by atoms with Gasteiger partial charge in [0.25, 0.3) is 11.6 Å². The zero-order chi connectivity index (χ0) is 23.7. The second kappa shape index (κ2) is 9.60. The first-order chi connectivity index (χ1) is 15.7. The van der Waals surface area contributed by atoms with E-state index in [1.54, 1.807) is 11.0 Å². The molecule has 0 unspecified atom stereocenters. The number of thiophene rings is 1. The Balaban J connectivity index is 1.36. The number of non-ortho nitro benzene ring substituents is 1. The number of anilines is 1. The number of nitrogens with one attached hydrogen (secondary N) is 1. The number of nitro groups is 1. The van der Waals surface area contributed by atoms with Crippen molar-refractivity contribution in [3.63, 3.8) is 0 Å². The fourth-order valence-corrected chi connectivity index (χ4v) is 5.23. The highest BCUT2D eigenvalue weighted by Gasteiger charge is 2.27. The molecule has 33 heavy (non-hydrogen) atoms. The summed E-state index contributed by atoms with van der Waals surface area (Å²) in [6.07, 6.45) is 0. The van der Waals surface area contributed by atoms with Gasteiger partial charge in [0.2, 0.25) is 5.91 Å². The molecule has 0 spiro atoms. The van der Waals surface area contributed by atoms with E-state index in [9.17, 15) is 24.1 Å².